The molecule has 2 aromatic heterocycles. The molecule has 2 heterocycles. The number of rotatable bonds is 9. The minimum absolute atomic E-state index is 0.223. The van der Waals surface area contributed by atoms with Gasteiger partial charge >= 0.3 is 0 Å². The first kappa shape index (κ1) is 22.3. The Labute approximate surface area is 203 Å². The van der Waals surface area contributed by atoms with Crippen molar-refractivity contribution in [3.05, 3.63) is 108 Å². The van der Waals surface area contributed by atoms with E-state index in [1.54, 1.807) is 11.8 Å². The summed E-state index contributed by atoms with van der Waals surface area (Å²) in [7, 11) is 1.60. The second-order valence-electron chi connectivity index (χ2n) is 7.94. The summed E-state index contributed by atoms with van der Waals surface area (Å²) in [5.41, 5.74) is 2.71. The van der Waals surface area contributed by atoms with E-state index in [-0.39, 0.29) is 6.61 Å². The molecule has 0 saturated heterocycles. The maximum Gasteiger partial charge on any atom is 0.276 e. The van der Waals surface area contributed by atoms with Crippen molar-refractivity contribution in [2.75, 3.05) is 7.11 Å². The summed E-state index contributed by atoms with van der Waals surface area (Å²) in [5, 5.41) is 4.56. The third-order valence-corrected chi connectivity index (χ3v) is 5.42. The van der Waals surface area contributed by atoms with Crippen molar-refractivity contribution < 1.29 is 18.6 Å². The van der Waals surface area contributed by atoms with Crippen LogP contribution in [0.15, 0.2) is 95.5 Å². The SMILES string of the molecule is COc1cn(Cc2ccc(Oc3ccccc3)cc2)nc1OCc1nc(-c2ccccc2)oc1C. The van der Waals surface area contributed by atoms with E-state index in [2.05, 4.69) is 10.1 Å². The Hall–Kier alpha value is -4.52. The summed E-state index contributed by atoms with van der Waals surface area (Å²) in [6.07, 6.45) is 1.81. The first-order chi connectivity index (χ1) is 17.2. The molecule has 35 heavy (non-hydrogen) atoms. The van der Waals surface area contributed by atoms with E-state index in [1.807, 2.05) is 98.0 Å². The molecular formula is C28H25N3O4. The number of oxazole rings is 1. The first-order valence-corrected chi connectivity index (χ1v) is 11.3. The number of hydrogen-bond acceptors (Lipinski definition) is 6. The fraction of sp³-hybridized carbons (Fsp3) is 0.143. The highest BCUT2D eigenvalue weighted by Gasteiger charge is 2.16. The number of hydrogen-bond donors (Lipinski definition) is 0. The second-order valence-corrected chi connectivity index (χ2v) is 7.94. The van der Waals surface area contributed by atoms with E-state index in [9.17, 15) is 0 Å². The number of methoxy groups -OCH3 is 1. The minimum Gasteiger partial charge on any atom is -0.490 e. The van der Waals surface area contributed by atoms with Crippen LogP contribution in [0.5, 0.6) is 23.1 Å². The normalized spacial score (nSPS) is 10.8. The average Bonchev–Trinajstić information content (AvgIpc) is 3.47. The van der Waals surface area contributed by atoms with Crippen LogP contribution in [0.1, 0.15) is 17.0 Å². The van der Waals surface area contributed by atoms with Gasteiger partial charge in [0, 0.05) is 5.56 Å². The molecule has 0 amide bonds. The zero-order valence-corrected chi connectivity index (χ0v) is 19.5. The fourth-order valence-corrected chi connectivity index (χ4v) is 3.58. The van der Waals surface area contributed by atoms with Crippen molar-refractivity contribution in [1.29, 1.82) is 0 Å². The molecule has 7 heteroatoms. The van der Waals surface area contributed by atoms with Crippen LogP contribution < -0.4 is 14.2 Å². The molecule has 0 unspecified atom stereocenters. The molecule has 0 atom stereocenters. The van der Waals surface area contributed by atoms with Crippen molar-refractivity contribution in [2.24, 2.45) is 0 Å². The molecule has 0 aliphatic heterocycles. The number of benzene rings is 3. The molecule has 0 spiro atoms. The largest absolute Gasteiger partial charge is 0.490 e. The molecule has 0 saturated carbocycles. The van der Waals surface area contributed by atoms with Crippen LogP contribution in [0, 0.1) is 6.92 Å². The lowest BCUT2D eigenvalue weighted by Crippen LogP contribution is -2.02. The van der Waals surface area contributed by atoms with Crippen molar-refractivity contribution in [1.82, 2.24) is 14.8 Å². The zero-order chi connectivity index (χ0) is 24.0. The van der Waals surface area contributed by atoms with Gasteiger partial charge in [0.15, 0.2) is 0 Å². The molecule has 0 aliphatic rings. The van der Waals surface area contributed by atoms with Gasteiger partial charge in [-0.05, 0) is 48.9 Å². The van der Waals surface area contributed by atoms with Crippen LogP contribution in [0.2, 0.25) is 0 Å². The van der Waals surface area contributed by atoms with Crippen LogP contribution >= 0.6 is 0 Å². The lowest BCUT2D eigenvalue weighted by molar-refractivity contribution is 0.268. The van der Waals surface area contributed by atoms with E-state index in [4.69, 9.17) is 18.6 Å². The third-order valence-electron chi connectivity index (χ3n) is 5.42. The lowest BCUT2D eigenvalue weighted by atomic mass is 10.2. The molecule has 0 fully saturated rings. The summed E-state index contributed by atoms with van der Waals surface area (Å²) in [6.45, 7) is 2.66. The maximum absolute atomic E-state index is 5.95. The molecule has 3 aromatic carbocycles. The van der Waals surface area contributed by atoms with Crippen LogP contribution in [0.25, 0.3) is 11.5 Å². The number of aromatic nitrogens is 3. The van der Waals surface area contributed by atoms with Gasteiger partial charge in [0.1, 0.15) is 29.6 Å². The maximum atomic E-state index is 5.95. The molecular weight excluding hydrogens is 442 g/mol. The fourth-order valence-electron chi connectivity index (χ4n) is 3.58. The van der Waals surface area contributed by atoms with Gasteiger partial charge < -0.3 is 18.6 Å². The minimum atomic E-state index is 0.223. The molecule has 0 N–H and O–H groups in total. The van der Waals surface area contributed by atoms with E-state index in [1.165, 1.54) is 0 Å². The predicted molar refractivity (Wildman–Crippen MR) is 132 cm³/mol. The van der Waals surface area contributed by atoms with Gasteiger partial charge in [-0.25, -0.2) is 4.98 Å². The molecule has 0 radical (unpaired) electrons. The summed E-state index contributed by atoms with van der Waals surface area (Å²) < 4.78 is 24.9. The molecule has 0 bridgehead atoms. The van der Waals surface area contributed by atoms with Gasteiger partial charge in [-0.1, -0.05) is 48.5 Å². The molecule has 7 nitrogen and oxygen atoms in total. The Balaban J connectivity index is 1.24. The Morgan fingerprint density at radius 3 is 2.26 bits per heavy atom. The van der Waals surface area contributed by atoms with Crippen LogP contribution in [-0.4, -0.2) is 21.9 Å². The van der Waals surface area contributed by atoms with Gasteiger partial charge in [-0.2, -0.15) is 0 Å². The smallest absolute Gasteiger partial charge is 0.276 e. The standard InChI is InChI=1S/C28H25N3O4/c1-20-25(29-27(34-20)22-9-5-3-6-10-22)19-33-28-26(32-2)18-31(30-28)17-21-13-15-24(16-14-21)35-23-11-7-4-8-12-23/h3-16,18H,17,19H2,1-2H3. The highest BCUT2D eigenvalue weighted by Crippen LogP contribution is 2.28. The van der Waals surface area contributed by atoms with Crippen LogP contribution in [0.4, 0.5) is 0 Å². The average molecular weight is 468 g/mol. The van der Waals surface area contributed by atoms with E-state index < -0.39 is 0 Å². The van der Waals surface area contributed by atoms with Gasteiger partial charge in [0.05, 0.1) is 19.9 Å². The number of nitrogens with zero attached hydrogens (tertiary/aromatic N) is 3. The number of para-hydroxylation sites is 1. The summed E-state index contributed by atoms with van der Waals surface area (Å²) in [5.74, 6) is 3.81. The third kappa shape index (κ3) is 5.35. The summed E-state index contributed by atoms with van der Waals surface area (Å²) >= 11 is 0. The van der Waals surface area contributed by atoms with Gasteiger partial charge in [-0.15, -0.1) is 5.10 Å². The first-order valence-electron chi connectivity index (χ1n) is 11.3. The van der Waals surface area contributed by atoms with Crippen LogP contribution in [0.3, 0.4) is 0 Å². The Morgan fingerprint density at radius 2 is 1.54 bits per heavy atom. The molecule has 5 rings (SSSR count). The summed E-state index contributed by atoms with van der Waals surface area (Å²) in [4.78, 5) is 4.58. The van der Waals surface area contributed by atoms with Crippen LogP contribution in [-0.2, 0) is 13.2 Å². The number of ether oxygens (including phenoxy) is 3. The highest BCUT2D eigenvalue weighted by molar-refractivity contribution is 5.53. The topological polar surface area (TPSA) is 71.5 Å². The van der Waals surface area contributed by atoms with Crippen molar-refractivity contribution in [3.8, 4) is 34.6 Å². The zero-order valence-electron chi connectivity index (χ0n) is 19.5. The van der Waals surface area contributed by atoms with Gasteiger partial charge in [0.25, 0.3) is 5.88 Å². The molecule has 0 aliphatic carbocycles. The molecule has 176 valence electrons. The highest BCUT2D eigenvalue weighted by atomic mass is 16.5. The van der Waals surface area contributed by atoms with Crippen molar-refractivity contribution >= 4 is 0 Å². The van der Waals surface area contributed by atoms with E-state index in [0.29, 0.717) is 29.8 Å². The van der Waals surface area contributed by atoms with E-state index in [0.717, 1.165) is 28.3 Å². The summed E-state index contributed by atoms with van der Waals surface area (Å²) in [6, 6.07) is 27.4. The van der Waals surface area contributed by atoms with Crippen molar-refractivity contribution in [2.45, 2.75) is 20.1 Å². The molecule has 5 aromatic rings. The Kier molecular flexibility index (Phi) is 6.48. The predicted octanol–water partition coefficient (Wildman–Crippen LogP) is 6.27. The second kappa shape index (κ2) is 10.2. The lowest BCUT2D eigenvalue weighted by Gasteiger charge is -2.07. The Morgan fingerprint density at radius 1 is 0.857 bits per heavy atom. The van der Waals surface area contributed by atoms with Gasteiger partial charge in [-0.3, -0.25) is 4.68 Å². The van der Waals surface area contributed by atoms with Gasteiger partial charge in [0.2, 0.25) is 11.6 Å². The quantitative estimate of drug-likeness (QED) is 0.254. The number of aryl methyl sites for hydroxylation is 1. The monoisotopic (exact) mass is 467 g/mol. The van der Waals surface area contributed by atoms with Crippen molar-refractivity contribution in [3.63, 3.8) is 0 Å². The Bertz CT molecular complexity index is 1380. The van der Waals surface area contributed by atoms with E-state index >= 15 is 0 Å².